The zero-order valence-electron chi connectivity index (χ0n) is 15.5. The van der Waals surface area contributed by atoms with E-state index in [1.54, 1.807) is 17.3 Å². The zero-order valence-corrected chi connectivity index (χ0v) is 15.5. The molecule has 1 saturated heterocycles. The van der Waals surface area contributed by atoms with Crippen molar-refractivity contribution in [2.24, 2.45) is 5.73 Å². The molecule has 3 amide bonds. The third-order valence-electron chi connectivity index (χ3n) is 5.68. The Balaban J connectivity index is 1.52. The highest BCUT2D eigenvalue weighted by Crippen LogP contribution is 2.47. The molecule has 1 aromatic carbocycles. The normalized spacial score (nSPS) is 20.6. The van der Waals surface area contributed by atoms with Gasteiger partial charge in [-0.25, -0.2) is 0 Å². The summed E-state index contributed by atoms with van der Waals surface area (Å²) in [6.07, 6.45) is 5.02. The standard InChI is InChI=1S/C21H22N4O3/c22-18(26)13-25-17-4-2-1-3-16(17)21(20(25)28)9-12-24(14-21)19(27)6-5-15-7-10-23-11-8-15/h1-4,7-8,10-11H,5-6,9,12-14H2,(H2,22,26). The van der Waals surface area contributed by atoms with Gasteiger partial charge in [-0.2, -0.15) is 0 Å². The van der Waals surface area contributed by atoms with Gasteiger partial charge in [0.05, 0.1) is 5.41 Å². The van der Waals surface area contributed by atoms with E-state index in [-0.39, 0.29) is 18.4 Å². The molecule has 4 rings (SSSR count). The average molecular weight is 378 g/mol. The minimum absolute atomic E-state index is 0.0346. The fraction of sp³-hybridized carbons (Fsp3) is 0.333. The molecule has 0 saturated carbocycles. The molecule has 1 atom stereocenters. The van der Waals surface area contributed by atoms with Crippen LogP contribution in [0.5, 0.6) is 0 Å². The number of hydrogen-bond acceptors (Lipinski definition) is 4. The fourth-order valence-corrected chi connectivity index (χ4v) is 4.29. The molecule has 2 N–H and O–H groups in total. The molecule has 1 aromatic heterocycles. The number of rotatable bonds is 5. The van der Waals surface area contributed by atoms with Gasteiger partial charge in [-0.3, -0.25) is 19.4 Å². The van der Waals surface area contributed by atoms with E-state index in [4.69, 9.17) is 5.73 Å². The first-order valence-electron chi connectivity index (χ1n) is 9.38. The van der Waals surface area contributed by atoms with Crippen molar-refractivity contribution < 1.29 is 14.4 Å². The van der Waals surface area contributed by atoms with Crippen molar-refractivity contribution in [2.75, 3.05) is 24.5 Å². The van der Waals surface area contributed by atoms with Gasteiger partial charge in [-0.1, -0.05) is 18.2 Å². The summed E-state index contributed by atoms with van der Waals surface area (Å²) < 4.78 is 0. The predicted molar refractivity (Wildman–Crippen MR) is 103 cm³/mol. The lowest BCUT2D eigenvalue weighted by molar-refractivity contribution is -0.131. The molecule has 1 spiro atoms. The summed E-state index contributed by atoms with van der Waals surface area (Å²) in [6, 6.07) is 11.3. The Bertz CT molecular complexity index is 930. The monoisotopic (exact) mass is 378 g/mol. The van der Waals surface area contributed by atoms with Crippen LogP contribution in [0.2, 0.25) is 0 Å². The number of carbonyl (C=O) groups is 3. The Morgan fingerprint density at radius 2 is 1.89 bits per heavy atom. The van der Waals surface area contributed by atoms with Crippen molar-refractivity contribution in [2.45, 2.75) is 24.7 Å². The van der Waals surface area contributed by atoms with E-state index < -0.39 is 11.3 Å². The van der Waals surface area contributed by atoms with Crippen molar-refractivity contribution in [3.63, 3.8) is 0 Å². The summed E-state index contributed by atoms with van der Waals surface area (Å²) in [5.41, 5.74) is 7.23. The lowest BCUT2D eigenvalue weighted by Gasteiger charge is -2.24. The zero-order chi connectivity index (χ0) is 19.7. The molecule has 0 aliphatic carbocycles. The molecular weight excluding hydrogens is 356 g/mol. The molecule has 144 valence electrons. The van der Waals surface area contributed by atoms with Crippen LogP contribution in [0, 0.1) is 0 Å². The van der Waals surface area contributed by atoms with Crippen molar-refractivity contribution in [3.05, 3.63) is 59.9 Å². The highest BCUT2D eigenvalue weighted by atomic mass is 16.2. The van der Waals surface area contributed by atoms with Gasteiger partial charge in [0.15, 0.2) is 0 Å². The summed E-state index contributed by atoms with van der Waals surface area (Å²) in [5.74, 6) is -0.660. The molecule has 1 unspecified atom stereocenters. The number of benzene rings is 1. The minimum Gasteiger partial charge on any atom is -0.368 e. The quantitative estimate of drug-likeness (QED) is 0.840. The van der Waals surface area contributed by atoms with Crippen molar-refractivity contribution in [3.8, 4) is 0 Å². The van der Waals surface area contributed by atoms with E-state index in [1.165, 1.54) is 4.90 Å². The van der Waals surface area contributed by atoms with Gasteiger partial charge in [-0.05, 0) is 42.2 Å². The maximum absolute atomic E-state index is 13.2. The second-order valence-electron chi connectivity index (χ2n) is 7.38. The Hall–Kier alpha value is -3.22. The molecule has 0 bridgehead atoms. The van der Waals surface area contributed by atoms with Crippen LogP contribution in [-0.2, 0) is 26.2 Å². The van der Waals surface area contributed by atoms with Crippen LogP contribution in [0.3, 0.4) is 0 Å². The van der Waals surface area contributed by atoms with E-state index >= 15 is 0 Å². The number of hydrogen-bond donors (Lipinski definition) is 1. The highest BCUT2D eigenvalue weighted by molar-refractivity contribution is 6.11. The summed E-state index contributed by atoms with van der Waals surface area (Å²) in [4.78, 5) is 44.7. The first-order chi connectivity index (χ1) is 13.5. The number of nitrogens with two attached hydrogens (primary N) is 1. The lowest BCUT2D eigenvalue weighted by atomic mass is 9.81. The molecule has 7 nitrogen and oxygen atoms in total. The first-order valence-corrected chi connectivity index (χ1v) is 9.38. The average Bonchev–Trinajstić information content (AvgIpc) is 3.25. The topological polar surface area (TPSA) is 96.6 Å². The lowest BCUT2D eigenvalue weighted by Crippen LogP contribution is -2.45. The maximum Gasteiger partial charge on any atom is 0.240 e. The number of aromatic nitrogens is 1. The number of primary amides is 1. The number of amides is 3. The first kappa shape index (κ1) is 18.2. The summed E-state index contributed by atoms with van der Waals surface area (Å²) in [5, 5.41) is 0. The van der Waals surface area contributed by atoms with Gasteiger partial charge in [0.2, 0.25) is 17.7 Å². The maximum atomic E-state index is 13.2. The second-order valence-corrected chi connectivity index (χ2v) is 7.38. The van der Waals surface area contributed by atoms with E-state index in [9.17, 15) is 14.4 Å². The van der Waals surface area contributed by atoms with Gasteiger partial charge >= 0.3 is 0 Å². The van der Waals surface area contributed by atoms with Crippen LogP contribution in [0.4, 0.5) is 5.69 Å². The molecule has 2 aliphatic heterocycles. The van der Waals surface area contributed by atoms with E-state index in [0.29, 0.717) is 32.4 Å². The molecule has 1 fully saturated rings. The Kier molecular flexibility index (Phi) is 4.58. The van der Waals surface area contributed by atoms with Gasteiger partial charge in [0.1, 0.15) is 6.54 Å². The molecule has 2 aliphatic rings. The van der Waals surface area contributed by atoms with Crippen LogP contribution in [0.1, 0.15) is 24.0 Å². The van der Waals surface area contributed by atoms with Gasteiger partial charge in [-0.15, -0.1) is 0 Å². The number of aryl methyl sites for hydroxylation is 1. The van der Waals surface area contributed by atoms with Crippen molar-refractivity contribution in [1.82, 2.24) is 9.88 Å². The SMILES string of the molecule is NC(=O)CN1C(=O)C2(CCN(C(=O)CCc3ccncc3)C2)c2ccccc21. The molecule has 0 radical (unpaired) electrons. The molecule has 7 heteroatoms. The summed E-state index contributed by atoms with van der Waals surface area (Å²) in [6.45, 7) is 0.723. The van der Waals surface area contributed by atoms with Crippen LogP contribution in [0.15, 0.2) is 48.8 Å². The van der Waals surface area contributed by atoms with Crippen LogP contribution >= 0.6 is 0 Å². The third-order valence-corrected chi connectivity index (χ3v) is 5.68. The number of fused-ring (bicyclic) bond motifs is 2. The number of para-hydroxylation sites is 1. The second kappa shape index (κ2) is 7.07. The molecule has 2 aromatic rings. The Morgan fingerprint density at radius 3 is 2.64 bits per heavy atom. The number of anilines is 1. The van der Waals surface area contributed by atoms with Crippen molar-refractivity contribution in [1.29, 1.82) is 0 Å². The third kappa shape index (κ3) is 3.02. The Labute approximate surface area is 163 Å². The van der Waals surface area contributed by atoms with Gasteiger partial charge in [0, 0.05) is 37.6 Å². The van der Waals surface area contributed by atoms with E-state index in [1.807, 2.05) is 36.4 Å². The number of nitrogens with zero attached hydrogens (tertiary/aromatic N) is 3. The van der Waals surface area contributed by atoms with Gasteiger partial charge < -0.3 is 15.5 Å². The van der Waals surface area contributed by atoms with E-state index in [2.05, 4.69) is 4.98 Å². The van der Waals surface area contributed by atoms with Gasteiger partial charge in [0.25, 0.3) is 0 Å². The summed E-state index contributed by atoms with van der Waals surface area (Å²) >= 11 is 0. The number of likely N-dealkylation sites (tertiary alicyclic amines) is 1. The largest absolute Gasteiger partial charge is 0.368 e. The van der Waals surface area contributed by atoms with Crippen LogP contribution < -0.4 is 10.6 Å². The smallest absolute Gasteiger partial charge is 0.240 e. The Morgan fingerprint density at radius 1 is 1.14 bits per heavy atom. The highest BCUT2D eigenvalue weighted by Gasteiger charge is 2.55. The molecule has 28 heavy (non-hydrogen) atoms. The number of pyridine rings is 1. The fourth-order valence-electron chi connectivity index (χ4n) is 4.29. The predicted octanol–water partition coefficient (Wildman–Crippen LogP) is 1.02. The van der Waals surface area contributed by atoms with Crippen LogP contribution in [0.25, 0.3) is 0 Å². The molecular formula is C21H22N4O3. The van der Waals surface area contributed by atoms with E-state index in [0.717, 1.165) is 16.8 Å². The molecule has 3 heterocycles. The number of carbonyl (C=O) groups excluding carboxylic acids is 3. The summed E-state index contributed by atoms with van der Waals surface area (Å²) in [7, 11) is 0. The van der Waals surface area contributed by atoms with Crippen LogP contribution in [-0.4, -0.2) is 47.2 Å². The van der Waals surface area contributed by atoms with Crippen molar-refractivity contribution >= 4 is 23.4 Å². The minimum atomic E-state index is -0.779.